The van der Waals surface area contributed by atoms with Crippen molar-refractivity contribution in [1.29, 1.82) is 0 Å². The first-order valence-electron chi connectivity index (χ1n) is 7.57. The molecule has 1 aromatic rings. The second-order valence-electron chi connectivity index (χ2n) is 5.28. The van der Waals surface area contributed by atoms with Gasteiger partial charge >= 0.3 is 0 Å². The van der Waals surface area contributed by atoms with Gasteiger partial charge in [0.15, 0.2) is 0 Å². The molecule has 1 aliphatic heterocycles. The smallest absolute Gasteiger partial charge is 0.253 e. The predicted octanol–water partition coefficient (Wildman–Crippen LogP) is 1.86. The van der Waals surface area contributed by atoms with Gasteiger partial charge in [0.25, 0.3) is 5.91 Å². The summed E-state index contributed by atoms with van der Waals surface area (Å²) >= 11 is 0. The Morgan fingerprint density at radius 3 is 2.76 bits per heavy atom. The fourth-order valence-corrected chi connectivity index (χ4v) is 2.53. The quantitative estimate of drug-likeness (QED) is 0.840. The number of nitrogens with one attached hydrogen (secondary N) is 2. The standard InChI is InChI=1S/C16H23N3O2/c1-3-9-17-14-8-6-5-7-13(14)16(21)18-12-10-15(20)19(4-2)11-12/h5-8,12,17H,3-4,9-11H2,1-2H3,(H,18,21). The molecule has 5 nitrogen and oxygen atoms in total. The fraction of sp³-hybridized carbons (Fsp3) is 0.500. The number of nitrogens with zero attached hydrogens (tertiary/aromatic N) is 1. The minimum absolute atomic E-state index is 0.0934. The van der Waals surface area contributed by atoms with E-state index in [9.17, 15) is 9.59 Å². The van der Waals surface area contributed by atoms with Gasteiger partial charge in [-0.2, -0.15) is 0 Å². The fourth-order valence-electron chi connectivity index (χ4n) is 2.53. The number of rotatable bonds is 6. The molecule has 1 unspecified atom stereocenters. The van der Waals surface area contributed by atoms with Gasteiger partial charge in [-0.3, -0.25) is 9.59 Å². The lowest BCUT2D eigenvalue weighted by molar-refractivity contribution is -0.127. The molecular weight excluding hydrogens is 266 g/mol. The molecule has 1 saturated heterocycles. The van der Waals surface area contributed by atoms with E-state index in [-0.39, 0.29) is 17.9 Å². The Kier molecular flexibility index (Phi) is 5.20. The van der Waals surface area contributed by atoms with Crippen molar-refractivity contribution in [3.63, 3.8) is 0 Å². The molecule has 2 amide bonds. The van der Waals surface area contributed by atoms with E-state index in [4.69, 9.17) is 0 Å². The van der Waals surface area contributed by atoms with E-state index < -0.39 is 0 Å². The highest BCUT2D eigenvalue weighted by Gasteiger charge is 2.29. The van der Waals surface area contributed by atoms with Crippen molar-refractivity contribution in [1.82, 2.24) is 10.2 Å². The van der Waals surface area contributed by atoms with Gasteiger partial charge < -0.3 is 15.5 Å². The Labute approximate surface area is 125 Å². The molecule has 1 heterocycles. The van der Waals surface area contributed by atoms with Crippen molar-refractivity contribution < 1.29 is 9.59 Å². The number of likely N-dealkylation sites (tertiary alicyclic amines) is 1. The zero-order chi connectivity index (χ0) is 15.2. The first-order valence-corrected chi connectivity index (χ1v) is 7.57. The number of hydrogen-bond acceptors (Lipinski definition) is 3. The van der Waals surface area contributed by atoms with Gasteiger partial charge in [0.1, 0.15) is 0 Å². The Balaban J connectivity index is 2.02. The molecule has 1 aliphatic rings. The molecule has 0 aromatic heterocycles. The van der Waals surface area contributed by atoms with Gasteiger partial charge in [-0.15, -0.1) is 0 Å². The van der Waals surface area contributed by atoms with Crippen molar-refractivity contribution in [2.45, 2.75) is 32.7 Å². The van der Waals surface area contributed by atoms with Gasteiger partial charge in [0, 0.05) is 31.7 Å². The summed E-state index contributed by atoms with van der Waals surface area (Å²) < 4.78 is 0. The third kappa shape index (κ3) is 3.74. The van der Waals surface area contributed by atoms with Crippen LogP contribution in [0.25, 0.3) is 0 Å². The Morgan fingerprint density at radius 2 is 2.10 bits per heavy atom. The van der Waals surface area contributed by atoms with Crippen LogP contribution in [0.4, 0.5) is 5.69 Å². The maximum Gasteiger partial charge on any atom is 0.253 e. The number of anilines is 1. The van der Waals surface area contributed by atoms with E-state index in [1.54, 1.807) is 4.90 Å². The van der Waals surface area contributed by atoms with Crippen molar-refractivity contribution >= 4 is 17.5 Å². The first kappa shape index (κ1) is 15.4. The highest BCUT2D eigenvalue weighted by atomic mass is 16.2. The first-order chi connectivity index (χ1) is 10.2. The third-order valence-corrected chi connectivity index (χ3v) is 3.67. The highest BCUT2D eigenvalue weighted by molar-refractivity contribution is 6.00. The van der Waals surface area contributed by atoms with Crippen LogP contribution in [0.2, 0.25) is 0 Å². The SMILES string of the molecule is CCCNc1ccccc1C(=O)NC1CC(=O)N(CC)C1. The minimum Gasteiger partial charge on any atom is -0.384 e. The van der Waals surface area contributed by atoms with Crippen molar-refractivity contribution in [2.24, 2.45) is 0 Å². The summed E-state index contributed by atoms with van der Waals surface area (Å²) in [6.07, 6.45) is 1.39. The molecule has 0 spiro atoms. The van der Waals surface area contributed by atoms with E-state index >= 15 is 0 Å². The zero-order valence-electron chi connectivity index (χ0n) is 12.7. The van der Waals surface area contributed by atoms with Crippen LogP contribution in [0.15, 0.2) is 24.3 Å². The van der Waals surface area contributed by atoms with E-state index in [1.807, 2.05) is 31.2 Å². The van der Waals surface area contributed by atoms with Crippen LogP contribution in [0.3, 0.4) is 0 Å². The molecule has 114 valence electrons. The molecule has 1 atom stereocenters. The number of carbonyl (C=O) groups excluding carboxylic acids is 2. The maximum atomic E-state index is 12.4. The molecule has 2 rings (SSSR count). The van der Waals surface area contributed by atoms with E-state index in [0.717, 1.165) is 18.7 Å². The summed E-state index contributed by atoms with van der Waals surface area (Å²) in [6, 6.07) is 7.38. The zero-order valence-corrected chi connectivity index (χ0v) is 12.7. The lowest BCUT2D eigenvalue weighted by Gasteiger charge is -2.16. The summed E-state index contributed by atoms with van der Waals surface area (Å²) in [5.41, 5.74) is 1.47. The molecule has 0 radical (unpaired) electrons. The predicted molar refractivity (Wildman–Crippen MR) is 83.3 cm³/mol. The Bertz CT molecular complexity index is 516. The number of carbonyl (C=O) groups is 2. The van der Waals surface area contributed by atoms with Crippen LogP contribution in [-0.2, 0) is 4.79 Å². The van der Waals surface area contributed by atoms with E-state index in [0.29, 0.717) is 25.1 Å². The van der Waals surface area contributed by atoms with E-state index in [1.165, 1.54) is 0 Å². The van der Waals surface area contributed by atoms with Gasteiger partial charge in [-0.1, -0.05) is 19.1 Å². The van der Waals surface area contributed by atoms with Crippen molar-refractivity contribution in [3.8, 4) is 0 Å². The van der Waals surface area contributed by atoms with Gasteiger partial charge in [0.05, 0.1) is 11.6 Å². The summed E-state index contributed by atoms with van der Waals surface area (Å²) in [4.78, 5) is 25.9. The Hall–Kier alpha value is -2.04. The highest BCUT2D eigenvalue weighted by Crippen LogP contribution is 2.17. The molecule has 1 fully saturated rings. The number of para-hydroxylation sites is 1. The molecule has 0 bridgehead atoms. The molecule has 5 heteroatoms. The third-order valence-electron chi connectivity index (χ3n) is 3.67. The lowest BCUT2D eigenvalue weighted by atomic mass is 10.1. The van der Waals surface area contributed by atoms with Crippen LogP contribution in [-0.4, -0.2) is 42.4 Å². The number of likely N-dealkylation sites (N-methyl/N-ethyl adjacent to an activating group) is 1. The molecular formula is C16H23N3O2. The van der Waals surface area contributed by atoms with Crippen LogP contribution in [0, 0.1) is 0 Å². The molecule has 0 saturated carbocycles. The van der Waals surface area contributed by atoms with E-state index in [2.05, 4.69) is 17.6 Å². The molecule has 1 aromatic carbocycles. The normalized spacial score (nSPS) is 17.9. The van der Waals surface area contributed by atoms with Crippen LogP contribution >= 0.6 is 0 Å². The van der Waals surface area contributed by atoms with Gasteiger partial charge in [-0.05, 0) is 25.5 Å². The van der Waals surface area contributed by atoms with Crippen LogP contribution in [0.1, 0.15) is 37.0 Å². The molecule has 2 N–H and O–H groups in total. The average molecular weight is 289 g/mol. The van der Waals surface area contributed by atoms with Crippen LogP contribution in [0.5, 0.6) is 0 Å². The summed E-state index contributed by atoms with van der Waals surface area (Å²) in [5.74, 6) is -0.00912. The topological polar surface area (TPSA) is 61.4 Å². The number of benzene rings is 1. The largest absolute Gasteiger partial charge is 0.384 e. The molecule has 0 aliphatic carbocycles. The van der Waals surface area contributed by atoms with Crippen molar-refractivity contribution in [3.05, 3.63) is 29.8 Å². The lowest BCUT2D eigenvalue weighted by Crippen LogP contribution is -2.37. The van der Waals surface area contributed by atoms with Crippen molar-refractivity contribution in [2.75, 3.05) is 25.0 Å². The number of hydrogen-bond donors (Lipinski definition) is 2. The second-order valence-corrected chi connectivity index (χ2v) is 5.28. The summed E-state index contributed by atoms with van der Waals surface area (Å²) in [6.45, 7) is 6.16. The van der Waals surface area contributed by atoms with Gasteiger partial charge in [-0.25, -0.2) is 0 Å². The summed E-state index contributed by atoms with van der Waals surface area (Å²) in [5, 5.41) is 6.22. The monoisotopic (exact) mass is 289 g/mol. The average Bonchev–Trinajstić information content (AvgIpc) is 2.85. The van der Waals surface area contributed by atoms with Crippen LogP contribution < -0.4 is 10.6 Å². The number of amides is 2. The molecule has 21 heavy (non-hydrogen) atoms. The second kappa shape index (κ2) is 7.11. The Morgan fingerprint density at radius 1 is 1.33 bits per heavy atom. The minimum atomic E-state index is -0.120. The summed E-state index contributed by atoms with van der Waals surface area (Å²) in [7, 11) is 0. The van der Waals surface area contributed by atoms with Gasteiger partial charge in [0.2, 0.25) is 5.91 Å². The maximum absolute atomic E-state index is 12.4.